The maximum Gasteiger partial charge on any atom is 0.319 e. The van der Waals surface area contributed by atoms with Crippen LogP contribution in [0, 0.1) is 17.5 Å². The third-order valence-corrected chi connectivity index (χ3v) is 2.92. The van der Waals surface area contributed by atoms with Crippen molar-refractivity contribution in [3.8, 4) is 0 Å². The van der Waals surface area contributed by atoms with Crippen molar-refractivity contribution in [2.75, 3.05) is 11.9 Å². The van der Waals surface area contributed by atoms with E-state index in [2.05, 4.69) is 10.6 Å². The third kappa shape index (κ3) is 3.76. The van der Waals surface area contributed by atoms with Crippen molar-refractivity contribution < 1.29 is 23.1 Å². The van der Waals surface area contributed by atoms with Gasteiger partial charge in [-0.15, -0.1) is 0 Å². The number of anilines is 1. The SMILES string of the molecule is O=C(NCC(O)c1ccccc1F)Nc1cccc(F)c1F. The van der Waals surface area contributed by atoms with Crippen LogP contribution in [-0.2, 0) is 0 Å². The van der Waals surface area contributed by atoms with E-state index in [1.54, 1.807) is 6.07 Å². The van der Waals surface area contributed by atoms with Gasteiger partial charge in [0.05, 0.1) is 11.8 Å². The van der Waals surface area contributed by atoms with Gasteiger partial charge in [-0.25, -0.2) is 18.0 Å². The Kier molecular flexibility index (Phi) is 5.00. The summed E-state index contributed by atoms with van der Waals surface area (Å²) in [5.74, 6) is -2.88. The topological polar surface area (TPSA) is 61.4 Å². The lowest BCUT2D eigenvalue weighted by Crippen LogP contribution is -2.33. The highest BCUT2D eigenvalue weighted by atomic mass is 19.2. The first-order valence-corrected chi connectivity index (χ1v) is 6.40. The lowest BCUT2D eigenvalue weighted by molar-refractivity contribution is 0.170. The fourth-order valence-electron chi connectivity index (χ4n) is 1.81. The Morgan fingerprint density at radius 2 is 1.73 bits per heavy atom. The van der Waals surface area contributed by atoms with Crippen molar-refractivity contribution in [2.45, 2.75) is 6.10 Å². The van der Waals surface area contributed by atoms with Crippen molar-refractivity contribution in [2.24, 2.45) is 0 Å². The van der Waals surface area contributed by atoms with Gasteiger partial charge in [0.15, 0.2) is 11.6 Å². The lowest BCUT2D eigenvalue weighted by atomic mass is 10.1. The molecule has 1 atom stereocenters. The van der Waals surface area contributed by atoms with E-state index in [4.69, 9.17) is 0 Å². The first kappa shape index (κ1) is 15.8. The summed E-state index contributed by atoms with van der Waals surface area (Å²) in [6.45, 7) is -0.288. The number of carbonyl (C=O) groups is 1. The van der Waals surface area contributed by atoms with Crippen LogP contribution in [0.25, 0.3) is 0 Å². The van der Waals surface area contributed by atoms with E-state index in [-0.39, 0.29) is 17.8 Å². The van der Waals surface area contributed by atoms with Crippen LogP contribution < -0.4 is 10.6 Å². The fraction of sp³-hybridized carbons (Fsp3) is 0.133. The van der Waals surface area contributed by atoms with Gasteiger partial charge < -0.3 is 15.7 Å². The number of rotatable bonds is 4. The van der Waals surface area contributed by atoms with E-state index >= 15 is 0 Å². The van der Waals surface area contributed by atoms with E-state index in [0.29, 0.717) is 0 Å². The Labute approximate surface area is 124 Å². The molecule has 2 amide bonds. The van der Waals surface area contributed by atoms with E-state index in [1.165, 1.54) is 30.3 Å². The number of nitrogens with one attached hydrogen (secondary N) is 2. The highest BCUT2D eigenvalue weighted by Gasteiger charge is 2.14. The monoisotopic (exact) mass is 310 g/mol. The zero-order chi connectivity index (χ0) is 16.1. The molecule has 0 fully saturated rings. The summed E-state index contributed by atoms with van der Waals surface area (Å²) < 4.78 is 39.8. The highest BCUT2D eigenvalue weighted by Crippen LogP contribution is 2.17. The molecule has 2 rings (SSSR count). The molecule has 3 N–H and O–H groups in total. The fourth-order valence-corrected chi connectivity index (χ4v) is 1.81. The third-order valence-electron chi connectivity index (χ3n) is 2.92. The quantitative estimate of drug-likeness (QED) is 0.813. The summed E-state index contributed by atoms with van der Waals surface area (Å²) in [4.78, 5) is 11.6. The van der Waals surface area contributed by atoms with E-state index in [1.807, 2.05) is 0 Å². The summed E-state index contributed by atoms with van der Waals surface area (Å²) in [5.41, 5.74) is -0.308. The molecule has 116 valence electrons. The first-order chi connectivity index (χ1) is 10.5. The largest absolute Gasteiger partial charge is 0.386 e. The maximum atomic E-state index is 13.4. The molecule has 4 nitrogen and oxygen atoms in total. The first-order valence-electron chi connectivity index (χ1n) is 6.40. The second-order valence-corrected chi connectivity index (χ2v) is 4.47. The van der Waals surface area contributed by atoms with Crippen molar-refractivity contribution in [1.29, 1.82) is 0 Å². The van der Waals surface area contributed by atoms with Gasteiger partial charge in [0.1, 0.15) is 5.82 Å². The number of aliphatic hydroxyl groups is 1. The summed E-state index contributed by atoms with van der Waals surface area (Å²) >= 11 is 0. The average Bonchev–Trinajstić information content (AvgIpc) is 2.50. The van der Waals surface area contributed by atoms with E-state index < -0.39 is 29.6 Å². The van der Waals surface area contributed by atoms with Gasteiger partial charge in [-0.3, -0.25) is 0 Å². The molecule has 0 aliphatic rings. The van der Waals surface area contributed by atoms with Crippen LogP contribution in [0.5, 0.6) is 0 Å². The van der Waals surface area contributed by atoms with Crippen LogP contribution >= 0.6 is 0 Å². The molecule has 2 aromatic carbocycles. The smallest absolute Gasteiger partial charge is 0.319 e. The average molecular weight is 310 g/mol. The molecule has 7 heteroatoms. The molecule has 0 saturated heterocycles. The number of benzene rings is 2. The van der Waals surface area contributed by atoms with Crippen molar-refractivity contribution >= 4 is 11.7 Å². The number of amides is 2. The normalized spacial score (nSPS) is 11.8. The van der Waals surface area contributed by atoms with Gasteiger partial charge in [0.2, 0.25) is 0 Å². The Morgan fingerprint density at radius 1 is 1.05 bits per heavy atom. The Morgan fingerprint density at radius 3 is 2.45 bits per heavy atom. The maximum absolute atomic E-state index is 13.4. The molecule has 1 unspecified atom stereocenters. The predicted octanol–water partition coefficient (Wildman–Crippen LogP) is 2.96. The second-order valence-electron chi connectivity index (χ2n) is 4.47. The van der Waals surface area contributed by atoms with Crippen molar-refractivity contribution in [3.63, 3.8) is 0 Å². The van der Waals surface area contributed by atoms with E-state index in [0.717, 1.165) is 6.07 Å². The molecule has 0 aliphatic carbocycles. The highest BCUT2D eigenvalue weighted by molar-refractivity contribution is 5.89. The minimum atomic E-state index is -1.26. The molecule has 22 heavy (non-hydrogen) atoms. The molecule has 0 saturated carbocycles. The molecule has 0 spiro atoms. The van der Waals surface area contributed by atoms with Crippen LogP contribution in [0.1, 0.15) is 11.7 Å². The van der Waals surface area contributed by atoms with Crippen molar-refractivity contribution in [1.82, 2.24) is 5.32 Å². The number of carbonyl (C=O) groups excluding carboxylic acids is 1. The van der Waals surface area contributed by atoms with Crippen molar-refractivity contribution in [3.05, 3.63) is 65.5 Å². The Balaban J connectivity index is 1.93. The molecule has 0 bridgehead atoms. The zero-order valence-corrected chi connectivity index (χ0v) is 11.3. The number of aliphatic hydroxyl groups excluding tert-OH is 1. The van der Waals surface area contributed by atoms with Gasteiger partial charge in [-0.05, 0) is 18.2 Å². The molecule has 2 aromatic rings. The van der Waals surface area contributed by atoms with Gasteiger partial charge >= 0.3 is 6.03 Å². The van der Waals surface area contributed by atoms with Crippen LogP contribution in [0.15, 0.2) is 42.5 Å². The molecule has 0 radical (unpaired) electrons. The van der Waals surface area contributed by atoms with Crippen LogP contribution in [-0.4, -0.2) is 17.7 Å². The molecule has 0 heterocycles. The van der Waals surface area contributed by atoms with Gasteiger partial charge in [0.25, 0.3) is 0 Å². The zero-order valence-electron chi connectivity index (χ0n) is 11.3. The second kappa shape index (κ2) is 6.95. The summed E-state index contributed by atoms with van der Waals surface area (Å²) in [5, 5.41) is 14.1. The van der Waals surface area contributed by atoms with Crippen LogP contribution in [0.4, 0.5) is 23.7 Å². The minimum absolute atomic E-state index is 0.0275. The predicted molar refractivity (Wildman–Crippen MR) is 74.7 cm³/mol. The number of urea groups is 1. The van der Waals surface area contributed by atoms with Gasteiger partial charge in [-0.2, -0.15) is 0 Å². The Hall–Kier alpha value is -2.54. The lowest BCUT2D eigenvalue weighted by Gasteiger charge is -2.14. The summed E-state index contributed by atoms with van der Waals surface area (Å²) in [6, 6.07) is 8.07. The number of hydrogen-bond donors (Lipinski definition) is 3. The molecular weight excluding hydrogens is 297 g/mol. The number of hydrogen-bond acceptors (Lipinski definition) is 2. The van der Waals surface area contributed by atoms with Gasteiger partial charge in [0, 0.05) is 12.1 Å². The van der Waals surface area contributed by atoms with Crippen LogP contribution in [0.3, 0.4) is 0 Å². The minimum Gasteiger partial charge on any atom is -0.386 e. The van der Waals surface area contributed by atoms with Crippen LogP contribution in [0.2, 0.25) is 0 Å². The molecule has 0 aliphatic heterocycles. The van der Waals surface area contributed by atoms with Gasteiger partial charge in [-0.1, -0.05) is 24.3 Å². The Bertz CT molecular complexity index is 680. The summed E-state index contributed by atoms with van der Waals surface area (Å²) in [7, 11) is 0. The molecular formula is C15H13F3N2O2. The standard InChI is InChI=1S/C15H13F3N2O2/c16-10-5-2-1-4-9(10)13(21)8-19-15(22)20-12-7-3-6-11(17)14(12)18/h1-7,13,21H,8H2,(H2,19,20,22). The number of halogens is 3. The molecule has 0 aromatic heterocycles. The summed E-state index contributed by atoms with van der Waals surface area (Å²) in [6.07, 6.45) is -1.26. The van der Waals surface area contributed by atoms with E-state index in [9.17, 15) is 23.1 Å².